The number of carbonyl (C=O) groups excluding carboxylic acids is 1. The van der Waals surface area contributed by atoms with Crippen molar-refractivity contribution in [1.82, 2.24) is 5.32 Å². The van der Waals surface area contributed by atoms with E-state index in [-0.39, 0.29) is 18.4 Å². The first-order valence-corrected chi connectivity index (χ1v) is 8.89. The van der Waals surface area contributed by atoms with Crippen molar-refractivity contribution in [2.75, 3.05) is 20.3 Å². The van der Waals surface area contributed by atoms with Crippen molar-refractivity contribution < 1.29 is 19.0 Å². The average molecular weight is 357 g/mol. The van der Waals surface area contributed by atoms with E-state index in [9.17, 15) is 4.79 Å². The molecule has 0 fully saturated rings. The van der Waals surface area contributed by atoms with Crippen LogP contribution >= 0.6 is 0 Å². The number of ether oxygens (including phenoxy) is 3. The van der Waals surface area contributed by atoms with Crippen LogP contribution in [0.1, 0.15) is 37.9 Å². The maximum Gasteiger partial charge on any atom is 0.224 e. The molecule has 2 aromatic carbocycles. The van der Waals surface area contributed by atoms with Crippen LogP contribution in [0.25, 0.3) is 0 Å². The monoisotopic (exact) mass is 357 g/mol. The summed E-state index contributed by atoms with van der Waals surface area (Å²) in [5.74, 6) is 2.12. The molecule has 1 amide bonds. The van der Waals surface area contributed by atoms with Gasteiger partial charge in [-0.15, -0.1) is 0 Å². The van der Waals surface area contributed by atoms with E-state index in [1.165, 1.54) is 0 Å². The minimum absolute atomic E-state index is 0.0417. The first-order chi connectivity index (χ1) is 12.6. The number of hydrogen-bond acceptors (Lipinski definition) is 4. The summed E-state index contributed by atoms with van der Waals surface area (Å²) in [5, 5.41) is 3.02. The summed E-state index contributed by atoms with van der Waals surface area (Å²) in [6, 6.07) is 13.2. The van der Waals surface area contributed by atoms with Gasteiger partial charge in [-0.05, 0) is 56.2 Å². The number of nitrogens with one attached hydrogen (secondary N) is 1. The molecule has 0 saturated heterocycles. The Kier molecular flexibility index (Phi) is 7.33. The molecule has 26 heavy (non-hydrogen) atoms. The minimum atomic E-state index is -0.0810. The lowest BCUT2D eigenvalue weighted by Gasteiger charge is -2.16. The predicted molar refractivity (Wildman–Crippen MR) is 102 cm³/mol. The molecule has 140 valence electrons. The zero-order valence-corrected chi connectivity index (χ0v) is 15.9. The summed E-state index contributed by atoms with van der Waals surface area (Å²) in [6.07, 6.45) is 0.285. The third-order valence-corrected chi connectivity index (χ3v) is 3.97. The third kappa shape index (κ3) is 5.41. The topological polar surface area (TPSA) is 56.8 Å². The summed E-state index contributed by atoms with van der Waals surface area (Å²) < 4.78 is 16.3. The molecule has 0 bridgehead atoms. The zero-order valence-electron chi connectivity index (χ0n) is 15.9. The molecule has 1 unspecified atom stereocenters. The quantitative estimate of drug-likeness (QED) is 0.739. The molecule has 5 heteroatoms. The molecule has 2 rings (SSSR count). The van der Waals surface area contributed by atoms with E-state index >= 15 is 0 Å². The number of hydrogen-bond donors (Lipinski definition) is 1. The summed E-state index contributed by atoms with van der Waals surface area (Å²) in [4.78, 5) is 12.4. The molecule has 0 spiro atoms. The second-order valence-corrected chi connectivity index (χ2v) is 5.89. The van der Waals surface area contributed by atoms with Crippen LogP contribution in [0, 0.1) is 0 Å². The van der Waals surface area contributed by atoms with E-state index < -0.39 is 0 Å². The van der Waals surface area contributed by atoms with Gasteiger partial charge < -0.3 is 19.5 Å². The van der Waals surface area contributed by atoms with E-state index in [1.807, 2.05) is 63.2 Å². The molecule has 0 radical (unpaired) electrons. The molecule has 0 heterocycles. The summed E-state index contributed by atoms with van der Waals surface area (Å²) in [7, 11) is 1.63. The molecular formula is C21H27NO4. The molecule has 2 aromatic rings. The molecular weight excluding hydrogens is 330 g/mol. The maximum atomic E-state index is 12.4. The number of amides is 1. The van der Waals surface area contributed by atoms with Gasteiger partial charge in [0.2, 0.25) is 5.91 Å². The first kappa shape index (κ1) is 19.6. The maximum absolute atomic E-state index is 12.4. The lowest BCUT2D eigenvalue weighted by Crippen LogP contribution is -2.28. The fraction of sp³-hybridized carbons (Fsp3) is 0.381. The van der Waals surface area contributed by atoms with Gasteiger partial charge in [0.05, 0.1) is 32.8 Å². The van der Waals surface area contributed by atoms with Crippen LogP contribution in [0.15, 0.2) is 42.5 Å². The molecule has 0 aliphatic carbocycles. The Labute approximate surface area is 155 Å². The van der Waals surface area contributed by atoms with Crippen LogP contribution < -0.4 is 19.5 Å². The Balaban J connectivity index is 2.00. The van der Waals surface area contributed by atoms with Crippen molar-refractivity contribution in [2.45, 2.75) is 33.2 Å². The highest BCUT2D eigenvalue weighted by Crippen LogP contribution is 2.28. The SMILES string of the molecule is CCOc1ccc(CC(=O)NC(C)c2ccc(OC)cc2)cc1OCC. The van der Waals surface area contributed by atoms with Crippen molar-refractivity contribution in [3.05, 3.63) is 53.6 Å². The summed E-state index contributed by atoms with van der Waals surface area (Å²) in [6.45, 7) is 6.93. The van der Waals surface area contributed by atoms with Crippen LogP contribution in [0.5, 0.6) is 17.2 Å². The number of methoxy groups -OCH3 is 1. The van der Waals surface area contributed by atoms with Crippen LogP contribution in [0.4, 0.5) is 0 Å². The Morgan fingerprint density at radius 2 is 1.65 bits per heavy atom. The van der Waals surface area contributed by atoms with Crippen LogP contribution in [0.3, 0.4) is 0 Å². The second kappa shape index (κ2) is 9.70. The standard InChI is InChI=1S/C21H27NO4/c1-5-25-19-12-7-16(13-20(19)26-6-2)14-21(23)22-15(3)17-8-10-18(24-4)11-9-17/h7-13,15H,5-6,14H2,1-4H3,(H,22,23). The van der Waals surface area contributed by atoms with Crippen LogP contribution in [-0.4, -0.2) is 26.2 Å². The number of rotatable bonds is 9. The Hall–Kier alpha value is -2.69. The lowest BCUT2D eigenvalue weighted by atomic mass is 10.1. The molecule has 0 aliphatic heterocycles. The molecule has 0 saturated carbocycles. The third-order valence-electron chi connectivity index (χ3n) is 3.97. The smallest absolute Gasteiger partial charge is 0.224 e. The molecule has 0 aromatic heterocycles. The summed E-state index contributed by atoms with van der Waals surface area (Å²) in [5.41, 5.74) is 1.91. The van der Waals surface area contributed by atoms with Gasteiger partial charge in [-0.1, -0.05) is 18.2 Å². The summed E-state index contributed by atoms with van der Waals surface area (Å²) >= 11 is 0. The van der Waals surface area contributed by atoms with E-state index in [1.54, 1.807) is 7.11 Å². The highest BCUT2D eigenvalue weighted by atomic mass is 16.5. The predicted octanol–water partition coefficient (Wildman–Crippen LogP) is 3.91. The van der Waals surface area contributed by atoms with Crippen molar-refractivity contribution in [3.63, 3.8) is 0 Å². The fourth-order valence-electron chi connectivity index (χ4n) is 2.66. The van der Waals surface area contributed by atoms with Crippen molar-refractivity contribution in [3.8, 4) is 17.2 Å². The molecule has 5 nitrogen and oxygen atoms in total. The van der Waals surface area contributed by atoms with Gasteiger partial charge in [0.15, 0.2) is 11.5 Å². The number of benzene rings is 2. The Morgan fingerprint density at radius 3 is 2.27 bits per heavy atom. The van der Waals surface area contributed by atoms with Crippen molar-refractivity contribution >= 4 is 5.91 Å². The fourth-order valence-corrected chi connectivity index (χ4v) is 2.66. The highest BCUT2D eigenvalue weighted by molar-refractivity contribution is 5.79. The van der Waals surface area contributed by atoms with E-state index in [0.717, 1.165) is 16.9 Å². The van der Waals surface area contributed by atoms with Gasteiger partial charge in [-0.2, -0.15) is 0 Å². The second-order valence-electron chi connectivity index (χ2n) is 5.89. The van der Waals surface area contributed by atoms with E-state index in [0.29, 0.717) is 24.7 Å². The zero-order chi connectivity index (χ0) is 18.9. The number of carbonyl (C=O) groups is 1. The van der Waals surface area contributed by atoms with Gasteiger partial charge in [-0.25, -0.2) is 0 Å². The molecule has 0 aliphatic rings. The molecule has 1 atom stereocenters. The van der Waals surface area contributed by atoms with E-state index in [2.05, 4.69) is 5.32 Å². The van der Waals surface area contributed by atoms with Crippen molar-refractivity contribution in [1.29, 1.82) is 0 Å². The van der Waals surface area contributed by atoms with E-state index in [4.69, 9.17) is 14.2 Å². The van der Waals surface area contributed by atoms with Gasteiger partial charge in [0.25, 0.3) is 0 Å². The Bertz CT molecular complexity index is 712. The van der Waals surface area contributed by atoms with Crippen molar-refractivity contribution in [2.24, 2.45) is 0 Å². The van der Waals surface area contributed by atoms with Gasteiger partial charge in [0.1, 0.15) is 5.75 Å². The highest BCUT2D eigenvalue weighted by Gasteiger charge is 2.12. The first-order valence-electron chi connectivity index (χ1n) is 8.89. The largest absolute Gasteiger partial charge is 0.497 e. The molecule has 1 N–H and O–H groups in total. The van der Waals surface area contributed by atoms with Crippen LogP contribution in [0.2, 0.25) is 0 Å². The minimum Gasteiger partial charge on any atom is -0.497 e. The van der Waals surface area contributed by atoms with Gasteiger partial charge in [-0.3, -0.25) is 4.79 Å². The van der Waals surface area contributed by atoms with Gasteiger partial charge >= 0.3 is 0 Å². The van der Waals surface area contributed by atoms with Crippen LogP contribution in [-0.2, 0) is 11.2 Å². The normalized spacial score (nSPS) is 11.5. The Morgan fingerprint density at radius 1 is 1.00 bits per heavy atom. The van der Waals surface area contributed by atoms with Gasteiger partial charge in [0, 0.05) is 0 Å². The average Bonchev–Trinajstić information content (AvgIpc) is 2.64. The lowest BCUT2D eigenvalue weighted by molar-refractivity contribution is -0.121.